The number of aryl methyl sites for hydroxylation is 2. The van der Waals surface area contributed by atoms with Gasteiger partial charge in [0, 0.05) is 14.9 Å². The van der Waals surface area contributed by atoms with Crippen molar-refractivity contribution in [3.8, 4) is 10.6 Å². The lowest BCUT2D eigenvalue weighted by Gasteiger charge is -2.00. The van der Waals surface area contributed by atoms with Crippen LogP contribution in [0.2, 0.25) is 0 Å². The van der Waals surface area contributed by atoms with E-state index in [9.17, 15) is 0 Å². The zero-order valence-corrected chi connectivity index (χ0v) is 11.5. The minimum Gasteiger partial charge on any atom is -0.390 e. The summed E-state index contributed by atoms with van der Waals surface area (Å²) in [5, 5.41) is 10.1. The van der Waals surface area contributed by atoms with E-state index in [0.29, 0.717) is 0 Å². The van der Waals surface area contributed by atoms with Gasteiger partial charge in [0.05, 0.1) is 12.3 Å². The number of aliphatic hydroxyl groups excluding tert-OH is 1. The van der Waals surface area contributed by atoms with Crippen LogP contribution in [0.4, 0.5) is 0 Å². The maximum Gasteiger partial charge on any atom is 0.124 e. The maximum absolute atomic E-state index is 9.12. The Labute approximate surface area is 107 Å². The summed E-state index contributed by atoms with van der Waals surface area (Å²) < 4.78 is 1.06. The average molecular weight is 298 g/mol. The molecule has 1 heterocycles. The first kappa shape index (κ1) is 11.8. The third-order valence-electron chi connectivity index (χ3n) is 2.33. The lowest BCUT2D eigenvalue weighted by molar-refractivity contribution is 0.277. The van der Waals surface area contributed by atoms with Gasteiger partial charge in [0.2, 0.25) is 0 Å². The predicted octanol–water partition coefficient (Wildman–Crippen LogP) is 3.68. The van der Waals surface area contributed by atoms with Crippen LogP contribution in [-0.2, 0) is 6.61 Å². The molecule has 0 radical (unpaired) electrons. The van der Waals surface area contributed by atoms with Gasteiger partial charge in [-0.1, -0.05) is 15.9 Å². The fourth-order valence-corrected chi connectivity index (χ4v) is 3.08. The van der Waals surface area contributed by atoms with Crippen molar-refractivity contribution < 1.29 is 5.11 Å². The summed E-state index contributed by atoms with van der Waals surface area (Å²) in [6, 6.07) is 6.22. The molecule has 0 atom stereocenters. The van der Waals surface area contributed by atoms with Crippen molar-refractivity contribution in [3.63, 3.8) is 0 Å². The lowest BCUT2D eigenvalue weighted by atomic mass is 10.1. The van der Waals surface area contributed by atoms with Crippen molar-refractivity contribution in [1.29, 1.82) is 0 Å². The Balaban J connectivity index is 2.49. The Morgan fingerprint density at radius 2 is 2.06 bits per heavy atom. The summed E-state index contributed by atoms with van der Waals surface area (Å²) in [6.07, 6.45) is 0. The molecule has 0 saturated carbocycles. The molecule has 0 saturated heterocycles. The van der Waals surface area contributed by atoms with Gasteiger partial charge in [0.25, 0.3) is 0 Å². The molecular formula is C12H12BrNOS. The van der Waals surface area contributed by atoms with Crippen molar-refractivity contribution in [2.45, 2.75) is 20.5 Å². The van der Waals surface area contributed by atoms with Gasteiger partial charge in [-0.15, -0.1) is 11.3 Å². The third kappa shape index (κ3) is 2.34. The summed E-state index contributed by atoms with van der Waals surface area (Å²) in [7, 11) is 0. The number of hydrogen-bond donors (Lipinski definition) is 1. The first-order valence-electron chi connectivity index (χ1n) is 4.95. The maximum atomic E-state index is 9.12. The second-order valence-corrected chi connectivity index (χ2v) is 5.82. The van der Waals surface area contributed by atoms with E-state index in [1.165, 1.54) is 5.56 Å². The number of nitrogens with zero attached hydrogens (tertiary/aromatic N) is 1. The quantitative estimate of drug-likeness (QED) is 0.917. The van der Waals surface area contributed by atoms with Gasteiger partial charge in [-0.2, -0.15) is 0 Å². The molecule has 1 aromatic heterocycles. The summed E-state index contributed by atoms with van der Waals surface area (Å²) in [5.74, 6) is 0. The number of thiazole rings is 1. The van der Waals surface area contributed by atoms with Crippen molar-refractivity contribution in [3.05, 3.63) is 38.8 Å². The highest BCUT2D eigenvalue weighted by Gasteiger charge is 2.09. The third-order valence-corrected chi connectivity index (χ3v) is 3.85. The van der Waals surface area contributed by atoms with Gasteiger partial charge in [-0.05, 0) is 37.6 Å². The number of rotatable bonds is 2. The number of benzene rings is 1. The van der Waals surface area contributed by atoms with E-state index in [-0.39, 0.29) is 6.61 Å². The van der Waals surface area contributed by atoms with Crippen molar-refractivity contribution in [2.24, 2.45) is 0 Å². The average Bonchev–Trinajstić information content (AvgIpc) is 2.58. The summed E-state index contributed by atoms with van der Waals surface area (Å²) in [6.45, 7) is 4.05. The van der Waals surface area contributed by atoms with Crippen LogP contribution in [0.5, 0.6) is 0 Å². The molecule has 2 nitrogen and oxygen atoms in total. The molecule has 0 bridgehead atoms. The molecule has 84 valence electrons. The second kappa shape index (κ2) is 4.65. The fraction of sp³-hybridized carbons (Fsp3) is 0.250. The molecular weight excluding hydrogens is 286 g/mol. The van der Waals surface area contributed by atoms with Gasteiger partial charge >= 0.3 is 0 Å². The van der Waals surface area contributed by atoms with E-state index in [4.69, 9.17) is 5.11 Å². The molecule has 0 spiro atoms. The monoisotopic (exact) mass is 297 g/mol. The molecule has 0 unspecified atom stereocenters. The number of halogens is 1. The Morgan fingerprint density at radius 1 is 1.31 bits per heavy atom. The smallest absolute Gasteiger partial charge is 0.124 e. The minimum absolute atomic E-state index is 0.00924. The van der Waals surface area contributed by atoms with E-state index in [2.05, 4.69) is 40.0 Å². The standard InChI is InChI=1S/C12H12BrNOS/c1-7-3-9(5-10(13)4-7)12-14-11(6-15)8(2)16-12/h3-5,15H,6H2,1-2H3. The highest BCUT2D eigenvalue weighted by Crippen LogP contribution is 2.30. The van der Waals surface area contributed by atoms with Crippen LogP contribution in [0.3, 0.4) is 0 Å². The van der Waals surface area contributed by atoms with Crippen molar-refractivity contribution in [2.75, 3.05) is 0 Å². The first-order valence-corrected chi connectivity index (χ1v) is 6.56. The fourth-order valence-electron chi connectivity index (χ4n) is 1.56. The molecule has 1 N–H and O–H groups in total. The summed E-state index contributed by atoms with van der Waals surface area (Å²) >= 11 is 5.10. The van der Waals surface area contributed by atoms with Crippen LogP contribution in [0.1, 0.15) is 16.1 Å². The van der Waals surface area contributed by atoms with Gasteiger partial charge in [-0.3, -0.25) is 0 Å². The SMILES string of the molecule is Cc1cc(Br)cc(-c2nc(CO)c(C)s2)c1. The van der Waals surface area contributed by atoms with Crippen LogP contribution in [0.15, 0.2) is 22.7 Å². The van der Waals surface area contributed by atoms with Crippen molar-refractivity contribution in [1.82, 2.24) is 4.98 Å². The van der Waals surface area contributed by atoms with E-state index >= 15 is 0 Å². The van der Waals surface area contributed by atoms with Crippen LogP contribution < -0.4 is 0 Å². The molecule has 1 aromatic carbocycles. The van der Waals surface area contributed by atoms with E-state index < -0.39 is 0 Å². The largest absolute Gasteiger partial charge is 0.390 e. The summed E-state index contributed by atoms with van der Waals surface area (Å²) in [5.41, 5.74) is 3.07. The van der Waals surface area contributed by atoms with Gasteiger partial charge < -0.3 is 5.11 Å². The molecule has 0 aliphatic heterocycles. The van der Waals surface area contributed by atoms with Crippen LogP contribution in [0.25, 0.3) is 10.6 Å². The van der Waals surface area contributed by atoms with E-state index in [1.807, 2.05) is 13.0 Å². The first-order chi connectivity index (χ1) is 7.60. The number of aromatic nitrogens is 1. The van der Waals surface area contributed by atoms with Gasteiger partial charge in [0.1, 0.15) is 5.01 Å². The predicted molar refractivity (Wildman–Crippen MR) is 70.6 cm³/mol. The molecule has 0 fully saturated rings. The minimum atomic E-state index is 0.00924. The normalized spacial score (nSPS) is 10.8. The Morgan fingerprint density at radius 3 is 2.62 bits per heavy atom. The van der Waals surface area contributed by atoms with Gasteiger partial charge in [-0.25, -0.2) is 4.98 Å². The molecule has 16 heavy (non-hydrogen) atoms. The molecule has 0 aliphatic rings. The van der Waals surface area contributed by atoms with E-state index in [0.717, 1.165) is 25.6 Å². The van der Waals surface area contributed by atoms with E-state index in [1.54, 1.807) is 11.3 Å². The zero-order valence-electron chi connectivity index (χ0n) is 9.12. The topological polar surface area (TPSA) is 33.1 Å². The van der Waals surface area contributed by atoms with Crippen LogP contribution in [0, 0.1) is 13.8 Å². The van der Waals surface area contributed by atoms with Crippen LogP contribution >= 0.6 is 27.3 Å². The zero-order chi connectivity index (χ0) is 11.7. The Hall–Kier alpha value is -0.710. The molecule has 0 amide bonds. The molecule has 2 aromatic rings. The summed E-state index contributed by atoms with van der Waals surface area (Å²) in [4.78, 5) is 5.51. The molecule has 4 heteroatoms. The molecule has 0 aliphatic carbocycles. The highest BCUT2D eigenvalue weighted by molar-refractivity contribution is 9.10. The second-order valence-electron chi connectivity index (χ2n) is 3.70. The lowest BCUT2D eigenvalue weighted by Crippen LogP contribution is -1.85. The van der Waals surface area contributed by atoms with Crippen LogP contribution in [-0.4, -0.2) is 10.1 Å². The van der Waals surface area contributed by atoms with Gasteiger partial charge in [0.15, 0.2) is 0 Å². The number of hydrogen-bond acceptors (Lipinski definition) is 3. The van der Waals surface area contributed by atoms with Crippen molar-refractivity contribution >= 4 is 27.3 Å². The highest BCUT2D eigenvalue weighted by atomic mass is 79.9. The Kier molecular flexibility index (Phi) is 3.42. The molecule has 2 rings (SSSR count). The number of aliphatic hydroxyl groups is 1. The Bertz CT molecular complexity index is 501.